The Morgan fingerprint density at radius 2 is 1.74 bits per heavy atom. The monoisotopic (exact) mass is 316 g/mol. The smallest absolute Gasteiger partial charge is 0.253 e. The number of hydrogen-bond donors (Lipinski definition) is 1. The van der Waals surface area contributed by atoms with Crippen molar-refractivity contribution >= 4 is 17.9 Å². The van der Waals surface area contributed by atoms with Crippen molar-refractivity contribution in [2.24, 2.45) is 5.41 Å². The summed E-state index contributed by atoms with van der Waals surface area (Å²) in [6.45, 7) is 7.27. The van der Waals surface area contributed by atoms with Crippen LogP contribution in [-0.2, 0) is 4.79 Å². The quantitative estimate of drug-likeness (QED) is 0.646. The van der Waals surface area contributed by atoms with Crippen LogP contribution in [0, 0.1) is 5.41 Å². The Balaban J connectivity index is 2.45. The van der Waals surface area contributed by atoms with Crippen LogP contribution in [0.15, 0.2) is 30.3 Å². The molecule has 0 bridgehead atoms. The summed E-state index contributed by atoms with van der Waals surface area (Å²) in [7, 11) is 3.44. The highest BCUT2D eigenvalue weighted by Gasteiger charge is 2.09. The van der Waals surface area contributed by atoms with E-state index in [0.717, 1.165) is 18.4 Å². The Morgan fingerprint density at radius 3 is 2.26 bits per heavy atom. The molecule has 2 amide bonds. The summed E-state index contributed by atoms with van der Waals surface area (Å²) >= 11 is 0. The average molecular weight is 316 g/mol. The third-order valence-corrected chi connectivity index (χ3v) is 3.39. The molecule has 1 N–H and O–H groups in total. The second-order valence-corrected chi connectivity index (χ2v) is 7.11. The van der Waals surface area contributed by atoms with Gasteiger partial charge in [0, 0.05) is 32.3 Å². The first-order valence-electron chi connectivity index (χ1n) is 7.97. The van der Waals surface area contributed by atoms with E-state index in [0.29, 0.717) is 17.5 Å². The van der Waals surface area contributed by atoms with Crippen molar-refractivity contribution in [1.29, 1.82) is 0 Å². The number of nitrogens with one attached hydrogen (secondary N) is 1. The molecule has 0 aliphatic carbocycles. The maximum Gasteiger partial charge on any atom is 0.253 e. The fraction of sp³-hybridized carbons (Fsp3) is 0.474. The Bertz CT molecular complexity index is 552. The van der Waals surface area contributed by atoms with Gasteiger partial charge in [0.05, 0.1) is 0 Å². The van der Waals surface area contributed by atoms with Crippen molar-refractivity contribution in [1.82, 2.24) is 10.2 Å². The molecule has 0 fully saturated rings. The summed E-state index contributed by atoms with van der Waals surface area (Å²) in [6.07, 6.45) is 5.34. The molecule has 0 atom stereocenters. The van der Waals surface area contributed by atoms with Crippen LogP contribution in [0.4, 0.5) is 0 Å². The van der Waals surface area contributed by atoms with E-state index in [1.54, 1.807) is 32.3 Å². The molecule has 4 heteroatoms. The number of amides is 2. The van der Waals surface area contributed by atoms with Gasteiger partial charge in [0.1, 0.15) is 0 Å². The van der Waals surface area contributed by atoms with Gasteiger partial charge >= 0.3 is 0 Å². The van der Waals surface area contributed by atoms with Crippen molar-refractivity contribution in [2.75, 3.05) is 20.6 Å². The van der Waals surface area contributed by atoms with Gasteiger partial charge in [-0.1, -0.05) is 32.9 Å². The minimum atomic E-state index is -0.0904. The molecule has 0 radical (unpaired) electrons. The number of carbonyl (C=O) groups excluding carboxylic acids is 2. The highest BCUT2D eigenvalue weighted by molar-refractivity contribution is 5.94. The van der Waals surface area contributed by atoms with Crippen molar-refractivity contribution in [3.8, 4) is 0 Å². The lowest BCUT2D eigenvalue weighted by atomic mass is 9.91. The number of nitrogens with zero attached hydrogens (tertiary/aromatic N) is 1. The maximum atomic E-state index is 11.8. The van der Waals surface area contributed by atoms with E-state index in [9.17, 15) is 9.59 Å². The lowest BCUT2D eigenvalue weighted by Crippen LogP contribution is -2.23. The molecule has 1 aromatic carbocycles. The third kappa shape index (κ3) is 7.63. The highest BCUT2D eigenvalue weighted by Crippen LogP contribution is 2.19. The first kappa shape index (κ1) is 18.9. The van der Waals surface area contributed by atoms with Gasteiger partial charge in [0.25, 0.3) is 5.91 Å². The number of carbonyl (C=O) groups is 2. The van der Waals surface area contributed by atoms with Gasteiger partial charge in [-0.25, -0.2) is 0 Å². The molecule has 0 spiro atoms. The predicted molar refractivity (Wildman–Crippen MR) is 95.2 cm³/mol. The van der Waals surface area contributed by atoms with E-state index >= 15 is 0 Å². The second-order valence-electron chi connectivity index (χ2n) is 7.11. The van der Waals surface area contributed by atoms with E-state index in [4.69, 9.17) is 0 Å². The zero-order valence-corrected chi connectivity index (χ0v) is 14.8. The summed E-state index contributed by atoms with van der Waals surface area (Å²) < 4.78 is 0. The summed E-state index contributed by atoms with van der Waals surface area (Å²) in [5, 5.41) is 2.88. The van der Waals surface area contributed by atoms with E-state index in [-0.39, 0.29) is 11.8 Å². The van der Waals surface area contributed by atoms with Crippen molar-refractivity contribution in [3.05, 3.63) is 41.5 Å². The molecule has 0 aliphatic heterocycles. The molecule has 0 saturated heterocycles. The number of rotatable bonds is 6. The maximum absolute atomic E-state index is 11.8. The van der Waals surface area contributed by atoms with Crippen LogP contribution in [-0.4, -0.2) is 37.4 Å². The van der Waals surface area contributed by atoms with Crippen LogP contribution in [0.1, 0.15) is 49.5 Å². The van der Waals surface area contributed by atoms with E-state index in [1.807, 2.05) is 12.1 Å². The van der Waals surface area contributed by atoms with E-state index in [2.05, 4.69) is 26.1 Å². The first-order chi connectivity index (χ1) is 10.7. The molecule has 0 aliphatic rings. The Morgan fingerprint density at radius 1 is 1.13 bits per heavy atom. The molecule has 23 heavy (non-hydrogen) atoms. The molecule has 0 saturated carbocycles. The van der Waals surface area contributed by atoms with Gasteiger partial charge in [0.2, 0.25) is 5.91 Å². The number of benzene rings is 1. The molecular formula is C19H28N2O2. The molecule has 1 aromatic rings. The average Bonchev–Trinajstić information content (AvgIpc) is 2.48. The van der Waals surface area contributed by atoms with Crippen LogP contribution < -0.4 is 5.32 Å². The Labute approximate surface area is 139 Å². The van der Waals surface area contributed by atoms with Gasteiger partial charge < -0.3 is 10.2 Å². The van der Waals surface area contributed by atoms with Crippen LogP contribution in [0.2, 0.25) is 0 Å². The summed E-state index contributed by atoms with van der Waals surface area (Å²) in [4.78, 5) is 25.1. The zero-order chi connectivity index (χ0) is 17.5. The highest BCUT2D eigenvalue weighted by atomic mass is 16.2. The molecule has 0 heterocycles. The van der Waals surface area contributed by atoms with Crippen LogP contribution in [0.25, 0.3) is 6.08 Å². The largest absolute Gasteiger partial charge is 0.353 e. The molecular weight excluding hydrogens is 288 g/mol. The fourth-order valence-corrected chi connectivity index (χ4v) is 2.06. The molecule has 4 nitrogen and oxygen atoms in total. The topological polar surface area (TPSA) is 49.4 Å². The normalized spacial score (nSPS) is 11.5. The van der Waals surface area contributed by atoms with E-state index < -0.39 is 0 Å². The minimum absolute atomic E-state index is 0.0304. The lowest BCUT2D eigenvalue weighted by molar-refractivity contribution is -0.116. The SMILES string of the molecule is CN(C)C(=O)c1ccc(/C=C/C(=O)NCCCC(C)(C)C)cc1. The second kappa shape index (κ2) is 8.51. The van der Waals surface area contributed by atoms with Crippen molar-refractivity contribution in [3.63, 3.8) is 0 Å². The van der Waals surface area contributed by atoms with Crippen molar-refractivity contribution < 1.29 is 9.59 Å². The predicted octanol–water partition coefficient (Wildman–Crippen LogP) is 3.34. The van der Waals surface area contributed by atoms with Gasteiger partial charge in [-0.05, 0) is 42.0 Å². The van der Waals surface area contributed by atoms with Gasteiger partial charge in [-0.2, -0.15) is 0 Å². The zero-order valence-electron chi connectivity index (χ0n) is 14.8. The van der Waals surface area contributed by atoms with Crippen LogP contribution in [0.3, 0.4) is 0 Å². The molecule has 126 valence electrons. The lowest BCUT2D eigenvalue weighted by Gasteiger charge is -2.17. The fourth-order valence-electron chi connectivity index (χ4n) is 2.06. The summed E-state index contributed by atoms with van der Waals surface area (Å²) in [5.41, 5.74) is 1.83. The molecule has 0 aromatic heterocycles. The first-order valence-corrected chi connectivity index (χ1v) is 7.97. The summed E-state index contributed by atoms with van der Waals surface area (Å²) in [6, 6.07) is 7.20. The Kier molecular flexibility index (Phi) is 7.01. The van der Waals surface area contributed by atoms with Crippen LogP contribution in [0.5, 0.6) is 0 Å². The third-order valence-electron chi connectivity index (χ3n) is 3.39. The molecule has 0 unspecified atom stereocenters. The van der Waals surface area contributed by atoms with Gasteiger partial charge in [-0.3, -0.25) is 9.59 Å². The standard InChI is InChI=1S/C19H28N2O2/c1-19(2,3)13-6-14-20-17(22)12-9-15-7-10-16(11-8-15)18(23)21(4)5/h7-12H,6,13-14H2,1-5H3,(H,20,22)/b12-9+. The van der Waals surface area contributed by atoms with Crippen LogP contribution >= 0.6 is 0 Å². The molecule has 1 rings (SSSR count). The minimum Gasteiger partial charge on any atom is -0.353 e. The number of hydrogen-bond acceptors (Lipinski definition) is 2. The van der Waals surface area contributed by atoms with Gasteiger partial charge in [-0.15, -0.1) is 0 Å². The summed E-state index contributed by atoms with van der Waals surface area (Å²) in [5.74, 6) is -0.121. The van der Waals surface area contributed by atoms with Crippen molar-refractivity contribution in [2.45, 2.75) is 33.6 Å². The van der Waals surface area contributed by atoms with Gasteiger partial charge in [0.15, 0.2) is 0 Å². The Hall–Kier alpha value is -2.10. The van der Waals surface area contributed by atoms with E-state index in [1.165, 1.54) is 11.0 Å².